The summed E-state index contributed by atoms with van der Waals surface area (Å²) >= 11 is 0. The Morgan fingerprint density at radius 3 is 2.23 bits per heavy atom. The molecule has 1 saturated heterocycles. The van der Waals surface area contributed by atoms with Crippen LogP contribution in [0.2, 0.25) is 0 Å². The Balaban J connectivity index is 1.60. The first kappa shape index (κ1) is 31.5. The highest BCUT2D eigenvalue weighted by Gasteiger charge is 2.26. The van der Waals surface area contributed by atoms with Gasteiger partial charge in [0, 0.05) is 30.0 Å². The Morgan fingerprint density at radius 1 is 0.977 bits per heavy atom. The molecule has 3 aromatic rings. The monoisotopic (exact) mass is 603 g/mol. The third-order valence-electron chi connectivity index (χ3n) is 7.20. The fourth-order valence-corrected chi connectivity index (χ4v) is 6.29. The number of anilines is 2. The number of rotatable bonds is 7. The highest BCUT2D eigenvalue weighted by molar-refractivity contribution is 7.89. The van der Waals surface area contributed by atoms with Crippen molar-refractivity contribution in [3.8, 4) is 0 Å². The molecule has 0 aromatic heterocycles. The van der Waals surface area contributed by atoms with Gasteiger partial charge in [0.05, 0.1) is 11.4 Å². The molecule has 1 aliphatic rings. The first-order valence-electron chi connectivity index (χ1n) is 14.0. The van der Waals surface area contributed by atoms with Gasteiger partial charge in [-0.15, -0.1) is 5.11 Å². The Bertz CT molecular complexity index is 1610. The molecule has 0 saturated carbocycles. The van der Waals surface area contributed by atoms with Crippen LogP contribution in [0, 0.1) is 5.53 Å². The minimum Gasteiger partial charge on any atom is -0.366 e. The van der Waals surface area contributed by atoms with Crippen LogP contribution < -0.4 is 16.0 Å². The third-order valence-corrected chi connectivity index (χ3v) is 9.10. The maximum Gasteiger partial charge on any atom is 0.326 e. The lowest BCUT2D eigenvalue weighted by Gasteiger charge is -2.27. The number of nitrogens with zero attached hydrogens (tertiary/aromatic N) is 4. The molecule has 0 atom stereocenters. The second-order valence-corrected chi connectivity index (χ2v) is 13.3. The average molecular weight is 604 g/mol. The molecule has 3 aromatic carbocycles. The van der Waals surface area contributed by atoms with E-state index in [0.29, 0.717) is 24.5 Å². The Hall–Kier alpha value is -4.42. The highest BCUT2D eigenvalue weighted by Crippen LogP contribution is 2.27. The number of carbonyl (C=O) groups excluding carboxylic acids is 2. The molecule has 226 valence electrons. The van der Waals surface area contributed by atoms with Crippen molar-refractivity contribution in [2.45, 2.75) is 56.9 Å². The predicted molar refractivity (Wildman–Crippen MR) is 167 cm³/mol. The summed E-state index contributed by atoms with van der Waals surface area (Å²) in [6.45, 7) is 7.46. The third kappa shape index (κ3) is 7.90. The van der Waals surface area contributed by atoms with Crippen LogP contribution in [0.4, 0.5) is 16.2 Å². The van der Waals surface area contributed by atoms with Crippen molar-refractivity contribution >= 4 is 39.3 Å². The molecule has 4 N–H and O–H groups in total. The van der Waals surface area contributed by atoms with E-state index >= 15 is 0 Å². The number of nitrogens with two attached hydrogens (primary N) is 1. The lowest BCUT2D eigenvalue weighted by molar-refractivity contribution is 0.100. The first-order valence-corrected chi connectivity index (χ1v) is 15.5. The van der Waals surface area contributed by atoms with Crippen molar-refractivity contribution in [3.63, 3.8) is 0 Å². The molecule has 43 heavy (non-hydrogen) atoms. The largest absolute Gasteiger partial charge is 0.366 e. The van der Waals surface area contributed by atoms with Gasteiger partial charge in [-0.3, -0.25) is 9.69 Å². The zero-order valence-electron chi connectivity index (χ0n) is 24.6. The topological polar surface area (TPSA) is 161 Å². The number of nitrogens with one attached hydrogen (secondary N) is 2. The molecule has 4 rings (SSSR count). The maximum absolute atomic E-state index is 13.7. The van der Waals surface area contributed by atoms with E-state index in [9.17, 15) is 18.0 Å². The van der Waals surface area contributed by atoms with Gasteiger partial charge >= 0.3 is 6.03 Å². The van der Waals surface area contributed by atoms with Gasteiger partial charge < -0.3 is 11.1 Å². The molecule has 0 unspecified atom stereocenters. The Morgan fingerprint density at radius 2 is 1.63 bits per heavy atom. The zero-order chi connectivity index (χ0) is 31.2. The lowest BCUT2D eigenvalue weighted by atomic mass is 9.87. The SMILES string of the molecule is CC(C)(C)c1ccc(N(Cc2ccc(C(=O)N=C(N)N=N)cc2)C(=O)Nc2cccc(S(=O)(=O)N3CCCCC3)c2)cc1. The normalized spacial score (nSPS) is 14.6. The maximum atomic E-state index is 13.7. The second kappa shape index (κ2) is 13.3. The molecule has 1 aliphatic heterocycles. The van der Waals surface area contributed by atoms with E-state index < -0.39 is 27.9 Å². The van der Waals surface area contributed by atoms with E-state index in [2.05, 4.69) is 36.2 Å². The summed E-state index contributed by atoms with van der Waals surface area (Å²) < 4.78 is 28.0. The summed E-state index contributed by atoms with van der Waals surface area (Å²) in [5.74, 6) is -1.07. The van der Waals surface area contributed by atoms with Crippen LogP contribution in [0.5, 0.6) is 0 Å². The molecule has 0 spiro atoms. The van der Waals surface area contributed by atoms with E-state index in [-0.39, 0.29) is 22.4 Å². The summed E-state index contributed by atoms with van der Waals surface area (Å²) in [5, 5.41) is 5.80. The van der Waals surface area contributed by atoms with Crippen LogP contribution in [0.3, 0.4) is 0 Å². The number of amides is 3. The smallest absolute Gasteiger partial charge is 0.326 e. The number of carbonyl (C=O) groups is 2. The van der Waals surface area contributed by atoms with Crippen molar-refractivity contribution in [1.82, 2.24) is 4.31 Å². The number of benzene rings is 3. The first-order chi connectivity index (χ1) is 20.4. The summed E-state index contributed by atoms with van der Waals surface area (Å²) in [5.41, 5.74) is 15.2. The number of hydrogen-bond donors (Lipinski definition) is 3. The fraction of sp³-hybridized carbons (Fsp3) is 0.323. The van der Waals surface area contributed by atoms with Crippen LogP contribution in [0.25, 0.3) is 0 Å². The number of hydrogen-bond acceptors (Lipinski definition) is 5. The van der Waals surface area contributed by atoms with Gasteiger partial charge in [0.15, 0.2) is 0 Å². The molecule has 12 heteroatoms. The van der Waals surface area contributed by atoms with E-state index in [1.807, 2.05) is 24.3 Å². The lowest BCUT2D eigenvalue weighted by Crippen LogP contribution is -2.36. The van der Waals surface area contributed by atoms with Gasteiger partial charge in [0.1, 0.15) is 0 Å². The van der Waals surface area contributed by atoms with Crippen LogP contribution in [0.15, 0.2) is 87.8 Å². The molecular formula is C31H37N7O4S. The summed E-state index contributed by atoms with van der Waals surface area (Å²) in [6, 6.07) is 20.1. The Kier molecular flexibility index (Phi) is 9.72. The molecule has 1 fully saturated rings. The standard InChI is InChI=1S/C31H37N7O4S/c1-31(2,3)24-14-16-26(17-15-24)38(21-22-10-12-23(13-11-22)28(39)35-29(32)36-33)30(40)34-25-8-7-9-27(20-25)43(41,42)37-18-5-4-6-19-37/h7-17,20,33H,4-6,18-19,21H2,1-3H3,(H,34,40)(H2,32,35,39). The molecule has 0 bridgehead atoms. The average Bonchev–Trinajstić information content (AvgIpc) is 3.00. The van der Waals surface area contributed by atoms with Gasteiger partial charge in [0.25, 0.3) is 5.91 Å². The van der Waals surface area contributed by atoms with Gasteiger partial charge in [-0.1, -0.05) is 57.5 Å². The summed E-state index contributed by atoms with van der Waals surface area (Å²) in [7, 11) is -3.67. The summed E-state index contributed by atoms with van der Waals surface area (Å²) in [4.78, 5) is 31.2. The van der Waals surface area contributed by atoms with E-state index in [4.69, 9.17) is 11.3 Å². The second-order valence-electron chi connectivity index (χ2n) is 11.4. The number of sulfonamides is 1. The quantitative estimate of drug-likeness (QED) is 0.174. The van der Waals surface area contributed by atoms with Gasteiger partial charge in [0.2, 0.25) is 16.0 Å². The fourth-order valence-electron chi connectivity index (χ4n) is 4.73. The summed E-state index contributed by atoms with van der Waals surface area (Å²) in [6.07, 6.45) is 2.67. The minimum atomic E-state index is -3.67. The Labute approximate surface area is 252 Å². The van der Waals surface area contributed by atoms with Gasteiger partial charge in [-0.25, -0.2) is 18.7 Å². The number of aliphatic imine (C=N–C) groups is 1. The molecule has 0 radical (unpaired) electrons. The van der Waals surface area contributed by atoms with Crippen LogP contribution in [-0.4, -0.2) is 43.7 Å². The molecular weight excluding hydrogens is 566 g/mol. The van der Waals surface area contributed by atoms with E-state index in [0.717, 1.165) is 30.4 Å². The van der Waals surface area contributed by atoms with Crippen LogP contribution in [-0.2, 0) is 22.0 Å². The number of piperidine rings is 1. The predicted octanol–water partition coefficient (Wildman–Crippen LogP) is 5.88. The zero-order valence-corrected chi connectivity index (χ0v) is 25.4. The van der Waals surface area contributed by atoms with Crippen molar-refractivity contribution < 1.29 is 18.0 Å². The number of guanidine groups is 1. The van der Waals surface area contributed by atoms with Crippen molar-refractivity contribution in [1.29, 1.82) is 5.53 Å². The van der Waals surface area contributed by atoms with Crippen molar-refractivity contribution in [2.24, 2.45) is 15.8 Å². The van der Waals surface area contributed by atoms with E-state index in [1.165, 1.54) is 10.4 Å². The van der Waals surface area contributed by atoms with Crippen LogP contribution >= 0.6 is 0 Å². The van der Waals surface area contributed by atoms with Crippen molar-refractivity contribution in [3.05, 3.63) is 89.5 Å². The van der Waals surface area contributed by atoms with Crippen LogP contribution in [0.1, 0.15) is 61.5 Å². The highest BCUT2D eigenvalue weighted by atomic mass is 32.2. The molecule has 0 aliphatic carbocycles. The molecule has 1 heterocycles. The van der Waals surface area contributed by atoms with Gasteiger partial charge in [-0.2, -0.15) is 9.30 Å². The molecule has 11 nitrogen and oxygen atoms in total. The number of urea groups is 1. The van der Waals surface area contributed by atoms with E-state index in [1.54, 1.807) is 47.4 Å². The van der Waals surface area contributed by atoms with Gasteiger partial charge in [-0.05, 0) is 71.8 Å². The molecule has 3 amide bonds. The van der Waals surface area contributed by atoms with Crippen molar-refractivity contribution in [2.75, 3.05) is 23.3 Å². The minimum absolute atomic E-state index is 0.0760.